The average molecular weight is 471 g/mol. The maximum absolute atomic E-state index is 14.7. The van der Waals surface area contributed by atoms with Crippen LogP contribution < -0.4 is 0 Å². The molecule has 2 aromatic carbocycles. The maximum atomic E-state index is 14.7. The molecule has 0 aliphatic heterocycles. The SMILES string of the molecule is CCC(C)CCC1CCC(c2ccc(CCc3cc(F)c(C(F)(F)F)c(F)c3)c(F)c2)CC1. The maximum Gasteiger partial charge on any atom is 0.422 e. The summed E-state index contributed by atoms with van der Waals surface area (Å²) in [6, 6.07) is 6.51. The number of hydrogen-bond donors (Lipinski definition) is 0. The Morgan fingerprint density at radius 2 is 1.52 bits per heavy atom. The molecule has 1 aliphatic carbocycles. The quantitative estimate of drug-likeness (QED) is 0.338. The van der Waals surface area contributed by atoms with Gasteiger partial charge in [-0.3, -0.25) is 0 Å². The van der Waals surface area contributed by atoms with Gasteiger partial charge in [-0.05, 0) is 91.2 Å². The van der Waals surface area contributed by atoms with E-state index in [9.17, 15) is 26.3 Å². The minimum absolute atomic E-state index is 0.0452. The van der Waals surface area contributed by atoms with Crippen molar-refractivity contribution in [3.8, 4) is 0 Å². The van der Waals surface area contributed by atoms with Crippen LogP contribution in [0.2, 0.25) is 0 Å². The van der Waals surface area contributed by atoms with Gasteiger partial charge in [0.15, 0.2) is 0 Å². The second-order valence-corrected chi connectivity index (χ2v) is 9.59. The van der Waals surface area contributed by atoms with E-state index < -0.39 is 23.4 Å². The third kappa shape index (κ3) is 6.77. The van der Waals surface area contributed by atoms with E-state index in [0.29, 0.717) is 23.6 Å². The normalized spacial score (nSPS) is 20.1. The highest BCUT2D eigenvalue weighted by molar-refractivity contribution is 5.31. The van der Waals surface area contributed by atoms with Crippen molar-refractivity contribution in [1.29, 1.82) is 0 Å². The fourth-order valence-corrected chi connectivity index (χ4v) is 4.85. The van der Waals surface area contributed by atoms with Gasteiger partial charge in [-0.1, -0.05) is 45.2 Å². The van der Waals surface area contributed by atoms with E-state index in [0.717, 1.165) is 43.1 Å². The van der Waals surface area contributed by atoms with Crippen molar-refractivity contribution >= 4 is 0 Å². The minimum atomic E-state index is -5.10. The van der Waals surface area contributed by atoms with E-state index in [1.165, 1.54) is 19.3 Å². The van der Waals surface area contributed by atoms with E-state index >= 15 is 0 Å². The molecule has 1 unspecified atom stereocenters. The number of benzene rings is 2. The highest BCUT2D eigenvalue weighted by Gasteiger charge is 2.37. The molecule has 1 fully saturated rings. The summed E-state index contributed by atoms with van der Waals surface area (Å²) in [6.07, 6.45) is 3.27. The number of aryl methyl sites for hydroxylation is 2. The number of halogens is 6. The Morgan fingerprint density at radius 3 is 2.06 bits per heavy atom. The number of rotatable bonds is 8. The molecule has 1 aliphatic rings. The van der Waals surface area contributed by atoms with E-state index in [4.69, 9.17) is 0 Å². The molecule has 0 heterocycles. The average Bonchev–Trinajstić information content (AvgIpc) is 2.75. The van der Waals surface area contributed by atoms with Crippen LogP contribution in [0.25, 0.3) is 0 Å². The van der Waals surface area contributed by atoms with Gasteiger partial charge >= 0.3 is 6.18 Å². The summed E-state index contributed by atoms with van der Waals surface area (Å²) in [7, 11) is 0. The van der Waals surface area contributed by atoms with Crippen LogP contribution in [0.4, 0.5) is 26.3 Å². The predicted octanol–water partition coefficient (Wildman–Crippen LogP) is 9.01. The molecular weight excluding hydrogens is 438 g/mol. The molecule has 0 radical (unpaired) electrons. The van der Waals surface area contributed by atoms with E-state index in [-0.39, 0.29) is 24.2 Å². The molecule has 0 aromatic heterocycles. The van der Waals surface area contributed by atoms with E-state index in [2.05, 4.69) is 13.8 Å². The Morgan fingerprint density at radius 1 is 0.879 bits per heavy atom. The van der Waals surface area contributed by atoms with Gasteiger partial charge in [-0.2, -0.15) is 13.2 Å². The first-order valence-electron chi connectivity index (χ1n) is 11.9. The van der Waals surface area contributed by atoms with Crippen molar-refractivity contribution in [3.63, 3.8) is 0 Å². The zero-order chi connectivity index (χ0) is 24.2. The summed E-state index contributed by atoms with van der Waals surface area (Å²) in [5.74, 6) is -1.81. The highest BCUT2D eigenvalue weighted by atomic mass is 19.4. The van der Waals surface area contributed by atoms with Crippen LogP contribution in [0.1, 0.15) is 87.0 Å². The minimum Gasteiger partial charge on any atom is -0.207 e. The molecule has 182 valence electrons. The molecule has 33 heavy (non-hydrogen) atoms. The molecule has 3 rings (SSSR count). The van der Waals surface area contributed by atoms with Crippen LogP contribution in [-0.4, -0.2) is 0 Å². The Labute approximate surface area is 192 Å². The van der Waals surface area contributed by atoms with Gasteiger partial charge in [0.25, 0.3) is 0 Å². The summed E-state index contributed by atoms with van der Waals surface area (Å²) in [6.45, 7) is 4.51. The topological polar surface area (TPSA) is 0 Å². The van der Waals surface area contributed by atoms with Crippen molar-refractivity contribution in [3.05, 3.63) is 70.0 Å². The zero-order valence-corrected chi connectivity index (χ0v) is 19.3. The fourth-order valence-electron chi connectivity index (χ4n) is 4.85. The molecule has 0 bridgehead atoms. The smallest absolute Gasteiger partial charge is 0.207 e. The fraction of sp³-hybridized carbons (Fsp3) is 0.556. The lowest BCUT2D eigenvalue weighted by Crippen LogP contribution is -2.14. The molecule has 0 saturated heterocycles. The van der Waals surface area contributed by atoms with Gasteiger partial charge < -0.3 is 0 Å². The first-order valence-corrected chi connectivity index (χ1v) is 11.9. The zero-order valence-electron chi connectivity index (χ0n) is 19.3. The van der Waals surface area contributed by atoms with Crippen LogP contribution in [0.15, 0.2) is 30.3 Å². The molecule has 2 aromatic rings. The monoisotopic (exact) mass is 470 g/mol. The van der Waals surface area contributed by atoms with Gasteiger partial charge in [0.1, 0.15) is 23.0 Å². The largest absolute Gasteiger partial charge is 0.422 e. The third-order valence-electron chi connectivity index (χ3n) is 7.23. The van der Waals surface area contributed by atoms with Crippen molar-refractivity contribution in [2.45, 2.75) is 83.7 Å². The molecule has 0 spiro atoms. The second-order valence-electron chi connectivity index (χ2n) is 9.59. The van der Waals surface area contributed by atoms with E-state index in [1.807, 2.05) is 6.07 Å². The van der Waals surface area contributed by atoms with Crippen LogP contribution >= 0.6 is 0 Å². The number of hydrogen-bond acceptors (Lipinski definition) is 0. The van der Waals surface area contributed by atoms with Crippen molar-refractivity contribution in [2.75, 3.05) is 0 Å². The summed E-state index contributed by atoms with van der Waals surface area (Å²) < 4.78 is 80.4. The number of alkyl halides is 3. The molecule has 0 nitrogen and oxygen atoms in total. The van der Waals surface area contributed by atoms with Gasteiger partial charge in [0, 0.05) is 0 Å². The second kappa shape index (κ2) is 11.0. The summed E-state index contributed by atoms with van der Waals surface area (Å²) in [5, 5.41) is 0. The van der Waals surface area contributed by atoms with E-state index in [1.54, 1.807) is 12.1 Å². The Kier molecular flexibility index (Phi) is 8.52. The van der Waals surface area contributed by atoms with Crippen molar-refractivity contribution in [1.82, 2.24) is 0 Å². The van der Waals surface area contributed by atoms with Crippen LogP contribution in [-0.2, 0) is 19.0 Å². The molecule has 0 amide bonds. The van der Waals surface area contributed by atoms with Gasteiger partial charge in [-0.25, -0.2) is 13.2 Å². The lowest BCUT2D eigenvalue weighted by atomic mass is 9.76. The van der Waals surface area contributed by atoms with Crippen molar-refractivity contribution in [2.24, 2.45) is 11.8 Å². The Bertz CT molecular complexity index is 902. The van der Waals surface area contributed by atoms with Crippen LogP contribution in [0.5, 0.6) is 0 Å². The Balaban J connectivity index is 1.57. The van der Waals surface area contributed by atoms with Crippen molar-refractivity contribution < 1.29 is 26.3 Å². The molecule has 6 heteroatoms. The predicted molar refractivity (Wildman–Crippen MR) is 119 cm³/mol. The highest BCUT2D eigenvalue weighted by Crippen LogP contribution is 2.39. The van der Waals surface area contributed by atoms with Gasteiger partial charge in [0.2, 0.25) is 0 Å². The third-order valence-corrected chi connectivity index (χ3v) is 7.23. The van der Waals surface area contributed by atoms with Gasteiger partial charge in [0.05, 0.1) is 0 Å². The first kappa shape index (κ1) is 25.6. The lowest BCUT2D eigenvalue weighted by Gasteiger charge is -2.29. The lowest BCUT2D eigenvalue weighted by molar-refractivity contribution is -0.142. The summed E-state index contributed by atoms with van der Waals surface area (Å²) in [4.78, 5) is 0. The molecular formula is C27H32F6. The van der Waals surface area contributed by atoms with Crippen LogP contribution in [0.3, 0.4) is 0 Å². The van der Waals surface area contributed by atoms with Gasteiger partial charge in [-0.15, -0.1) is 0 Å². The molecule has 0 N–H and O–H groups in total. The summed E-state index contributed by atoms with van der Waals surface area (Å²) in [5.41, 5.74) is -0.460. The molecule has 1 atom stereocenters. The first-order chi connectivity index (χ1) is 15.6. The standard InChI is InChI=1S/C27H32F6/c1-3-17(2)4-5-18-6-9-20(10-7-18)22-13-12-21(23(28)16-22)11-8-19-14-24(29)26(25(30)15-19)27(31,32)33/h12-18,20H,3-11H2,1-2H3. The summed E-state index contributed by atoms with van der Waals surface area (Å²) >= 11 is 0. The van der Waals surface area contributed by atoms with Crippen LogP contribution in [0, 0.1) is 29.3 Å². The Hall–Kier alpha value is -1.98. The molecule has 1 saturated carbocycles.